The van der Waals surface area contributed by atoms with Gasteiger partial charge in [-0.25, -0.2) is 8.42 Å². The Morgan fingerprint density at radius 1 is 1.27 bits per heavy atom. The van der Waals surface area contributed by atoms with Crippen LogP contribution in [0, 0.1) is 5.92 Å². The van der Waals surface area contributed by atoms with Crippen molar-refractivity contribution in [2.45, 2.75) is 18.2 Å². The molecule has 1 aromatic rings. The van der Waals surface area contributed by atoms with E-state index in [0.29, 0.717) is 5.75 Å². The summed E-state index contributed by atoms with van der Waals surface area (Å²) < 4.78 is 29.4. The zero-order valence-electron chi connectivity index (χ0n) is 12.4. The molecule has 0 aliphatic rings. The predicted octanol–water partition coefficient (Wildman–Crippen LogP) is 0.696. The topological polar surface area (TPSA) is 110 Å². The fourth-order valence-corrected chi connectivity index (χ4v) is 3.30. The summed E-state index contributed by atoms with van der Waals surface area (Å²) in [6, 6.07) is 5.90. The Hall–Kier alpha value is -2.09. The number of carboxylic acids is 1. The number of rotatable bonds is 8. The summed E-state index contributed by atoms with van der Waals surface area (Å²) in [5, 5.41) is 10.9. The molecule has 0 aromatic heterocycles. The van der Waals surface area contributed by atoms with Gasteiger partial charge in [0.1, 0.15) is 5.75 Å². The molecule has 0 saturated carbocycles. The minimum absolute atomic E-state index is 0.0267. The van der Waals surface area contributed by atoms with Crippen LogP contribution in [0.15, 0.2) is 29.2 Å². The first kappa shape index (κ1) is 18.0. The lowest BCUT2D eigenvalue weighted by Gasteiger charge is -2.12. The van der Waals surface area contributed by atoms with Gasteiger partial charge in [-0.05, 0) is 24.3 Å². The van der Waals surface area contributed by atoms with Gasteiger partial charge in [-0.3, -0.25) is 9.59 Å². The van der Waals surface area contributed by atoms with Crippen LogP contribution in [0.5, 0.6) is 5.75 Å². The smallest absolute Gasteiger partial charge is 0.305 e. The van der Waals surface area contributed by atoms with Crippen molar-refractivity contribution in [3.05, 3.63) is 24.3 Å². The van der Waals surface area contributed by atoms with E-state index in [1.807, 2.05) is 0 Å². The molecule has 22 heavy (non-hydrogen) atoms. The highest BCUT2D eigenvalue weighted by atomic mass is 32.2. The van der Waals surface area contributed by atoms with Gasteiger partial charge in [0.2, 0.25) is 5.91 Å². The molecule has 122 valence electrons. The number of ether oxygens (including phenoxy) is 1. The van der Waals surface area contributed by atoms with E-state index in [4.69, 9.17) is 9.84 Å². The Balaban J connectivity index is 2.66. The summed E-state index contributed by atoms with van der Waals surface area (Å²) in [4.78, 5) is 22.2. The van der Waals surface area contributed by atoms with Crippen LogP contribution in [0.2, 0.25) is 0 Å². The number of hydrogen-bond donors (Lipinski definition) is 2. The van der Waals surface area contributed by atoms with Gasteiger partial charge in [-0.2, -0.15) is 0 Å². The minimum Gasteiger partial charge on any atom is -0.497 e. The fraction of sp³-hybridized carbons (Fsp3) is 0.429. The summed E-state index contributed by atoms with van der Waals surface area (Å²) in [5.41, 5.74) is 0. The van der Waals surface area contributed by atoms with Crippen molar-refractivity contribution < 1.29 is 27.9 Å². The number of carboxylic acid groups (broad SMARTS) is 1. The van der Waals surface area contributed by atoms with Gasteiger partial charge in [-0.15, -0.1) is 0 Å². The van der Waals surface area contributed by atoms with Crippen LogP contribution in [-0.4, -0.2) is 44.8 Å². The van der Waals surface area contributed by atoms with Crippen molar-refractivity contribution in [3.8, 4) is 5.75 Å². The van der Waals surface area contributed by atoms with E-state index in [-0.39, 0.29) is 23.6 Å². The maximum absolute atomic E-state index is 12.2. The van der Waals surface area contributed by atoms with Gasteiger partial charge in [-0.1, -0.05) is 6.92 Å². The van der Waals surface area contributed by atoms with Crippen LogP contribution in [-0.2, 0) is 19.4 Å². The Labute approximate surface area is 129 Å². The Bertz CT molecular complexity index is 623. The average Bonchev–Trinajstić information content (AvgIpc) is 2.46. The highest BCUT2D eigenvalue weighted by molar-refractivity contribution is 7.91. The molecule has 0 fully saturated rings. The highest BCUT2D eigenvalue weighted by Gasteiger charge is 2.23. The van der Waals surface area contributed by atoms with Crippen LogP contribution < -0.4 is 10.1 Å². The molecule has 0 saturated heterocycles. The summed E-state index contributed by atoms with van der Waals surface area (Å²) in [6.07, 6.45) is -0.205. The number of hydrogen-bond acceptors (Lipinski definition) is 5. The molecular formula is C14H19NO6S. The quantitative estimate of drug-likeness (QED) is 0.726. The van der Waals surface area contributed by atoms with E-state index in [9.17, 15) is 18.0 Å². The fourth-order valence-electron chi connectivity index (χ4n) is 1.75. The van der Waals surface area contributed by atoms with Crippen LogP contribution in [0.4, 0.5) is 0 Å². The summed E-state index contributed by atoms with van der Waals surface area (Å²) >= 11 is 0. The zero-order valence-corrected chi connectivity index (χ0v) is 13.2. The number of carbonyl (C=O) groups is 2. The molecule has 1 unspecified atom stereocenters. The third-order valence-corrected chi connectivity index (χ3v) is 4.90. The molecular weight excluding hydrogens is 310 g/mol. The molecule has 8 heteroatoms. The molecule has 0 aliphatic carbocycles. The first-order chi connectivity index (χ1) is 10.3. The maximum atomic E-state index is 12.2. The maximum Gasteiger partial charge on any atom is 0.305 e. The van der Waals surface area contributed by atoms with Gasteiger partial charge in [0.15, 0.2) is 9.84 Å². The predicted molar refractivity (Wildman–Crippen MR) is 79.5 cm³/mol. The average molecular weight is 329 g/mol. The number of amides is 1. The Morgan fingerprint density at radius 2 is 1.86 bits per heavy atom. The second kappa shape index (κ2) is 7.79. The molecule has 0 radical (unpaired) electrons. The lowest BCUT2D eigenvalue weighted by Crippen LogP contribution is -2.34. The van der Waals surface area contributed by atoms with Crippen molar-refractivity contribution in [2.24, 2.45) is 5.92 Å². The monoisotopic (exact) mass is 329 g/mol. The standard InChI is InChI=1S/C14H19NO6S/c1-10(14(18)15-8-7-13(16)17)9-22(19,20)12-5-3-11(21-2)4-6-12/h3-6,10H,7-9H2,1-2H3,(H,15,18)(H,16,17). The molecule has 0 spiro atoms. The van der Waals surface area contributed by atoms with Crippen LogP contribution in [0.25, 0.3) is 0 Å². The van der Waals surface area contributed by atoms with Crippen molar-refractivity contribution in [2.75, 3.05) is 19.4 Å². The second-order valence-electron chi connectivity index (χ2n) is 4.79. The lowest BCUT2D eigenvalue weighted by atomic mass is 10.2. The van der Waals surface area contributed by atoms with Crippen LogP contribution >= 0.6 is 0 Å². The van der Waals surface area contributed by atoms with E-state index < -0.39 is 27.6 Å². The molecule has 1 atom stereocenters. The van der Waals surface area contributed by atoms with Gasteiger partial charge in [0.05, 0.1) is 24.2 Å². The van der Waals surface area contributed by atoms with E-state index >= 15 is 0 Å². The van der Waals surface area contributed by atoms with Crippen molar-refractivity contribution in [1.29, 1.82) is 0 Å². The normalized spacial score (nSPS) is 12.5. The first-order valence-corrected chi connectivity index (χ1v) is 8.28. The summed E-state index contributed by atoms with van der Waals surface area (Å²) in [5.74, 6) is -2.10. The van der Waals surface area contributed by atoms with Crippen LogP contribution in [0.1, 0.15) is 13.3 Å². The van der Waals surface area contributed by atoms with Gasteiger partial charge < -0.3 is 15.2 Å². The van der Waals surface area contributed by atoms with Crippen molar-refractivity contribution >= 4 is 21.7 Å². The summed E-state index contributed by atoms with van der Waals surface area (Å²) in [7, 11) is -2.12. The third-order valence-electron chi connectivity index (χ3n) is 2.97. The Kier molecular flexibility index (Phi) is 6.36. The van der Waals surface area contributed by atoms with E-state index in [1.54, 1.807) is 0 Å². The molecule has 2 N–H and O–H groups in total. The zero-order chi connectivity index (χ0) is 16.8. The second-order valence-corrected chi connectivity index (χ2v) is 6.83. The van der Waals surface area contributed by atoms with Gasteiger partial charge in [0, 0.05) is 12.5 Å². The first-order valence-electron chi connectivity index (χ1n) is 6.62. The molecule has 1 aromatic carbocycles. The number of carbonyl (C=O) groups excluding carboxylic acids is 1. The number of sulfone groups is 1. The number of aliphatic carboxylic acids is 1. The molecule has 0 aliphatic heterocycles. The third kappa shape index (κ3) is 5.36. The Morgan fingerprint density at radius 3 is 2.36 bits per heavy atom. The number of benzene rings is 1. The molecule has 1 rings (SSSR count). The molecule has 0 heterocycles. The van der Waals surface area contributed by atoms with E-state index in [2.05, 4.69) is 5.32 Å². The van der Waals surface area contributed by atoms with Gasteiger partial charge >= 0.3 is 5.97 Å². The number of nitrogens with one attached hydrogen (secondary N) is 1. The van der Waals surface area contributed by atoms with E-state index in [0.717, 1.165) is 0 Å². The SMILES string of the molecule is COc1ccc(S(=O)(=O)CC(C)C(=O)NCCC(=O)O)cc1. The van der Waals surface area contributed by atoms with Crippen molar-refractivity contribution in [1.82, 2.24) is 5.32 Å². The van der Waals surface area contributed by atoms with Gasteiger partial charge in [0.25, 0.3) is 0 Å². The summed E-state index contributed by atoms with van der Waals surface area (Å²) in [6.45, 7) is 1.46. The minimum atomic E-state index is -3.60. The van der Waals surface area contributed by atoms with Crippen LogP contribution in [0.3, 0.4) is 0 Å². The lowest BCUT2D eigenvalue weighted by molar-refractivity contribution is -0.137. The van der Waals surface area contributed by atoms with Crippen molar-refractivity contribution in [3.63, 3.8) is 0 Å². The molecule has 7 nitrogen and oxygen atoms in total. The molecule has 0 bridgehead atoms. The van der Waals surface area contributed by atoms with E-state index in [1.165, 1.54) is 38.3 Å². The number of methoxy groups -OCH3 is 1. The highest BCUT2D eigenvalue weighted by Crippen LogP contribution is 2.18. The largest absolute Gasteiger partial charge is 0.497 e. The molecule has 1 amide bonds.